The summed E-state index contributed by atoms with van der Waals surface area (Å²) in [5, 5.41) is 3.51. The molecule has 0 amide bonds. The normalized spacial score (nSPS) is 21.9. The van der Waals surface area contributed by atoms with Gasteiger partial charge in [-0.15, -0.1) is 11.3 Å². The van der Waals surface area contributed by atoms with Crippen LogP contribution in [0.25, 0.3) is 10.2 Å². The van der Waals surface area contributed by atoms with E-state index in [9.17, 15) is 0 Å². The van der Waals surface area contributed by atoms with Crippen LogP contribution in [0, 0.1) is 0 Å². The Balaban J connectivity index is 2.04. The van der Waals surface area contributed by atoms with E-state index in [0.29, 0.717) is 6.04 Å². The van der Waals surface area contributed by atoms with Gasteiger partial charge < -0.3 is 5.32 Å². The average molecular weight is 204 g/mol. The van der Waals surface area contributed by atoms with Gasteiger partial charge in [0.1, 0.15) is 0 Å². The molecule has 72 valence electrons. The molecule has 2 heterocycles. The topological polar surface area (TPSA) is 24.9 Å². The largest absolute Gasteiger partial charge is 0.310 e. The summed E-state index contributed by atoms with van der Waals surface area (Å²) in [5.41, 5.74) is 4.44. The third kappa shape index (κ3) is 1.33. The van der Waals surface area contributed by atoms with Crippen molar-refractivity contribution in [1.82, 2.24) is 10.3 Å². The van der Waals surface area contributed by atoms with Gasteiger partial charge in [-0.1, -0.05) is 6.07 Å². The van der Waals surface area contributed by atoms with Gasteiger partial charge in [-0.3, -0.25) is 0 Å². The van der Waals surface area contributed by atoms with Crippen LogP contribution >= 0.6 is 11.3 Å². The molecule has 3 heteroatoms. The van der Waals surface area contributed by atoms with Crippen LogP contribution < -0.4 is 5.32 Å². The maximum atomic E-state index is 4.34. The summed E-state index contributed by atoms with van der Waals surface area (Å²) >= 11 is 1.71. The molecule has 0 aliphatic carbocycles. The highest BCUT2D eigenvalue weighted by molar-refractivity contribution is 7.16. The van der Waals surface area contributed by atoms with Crippen LogP contribution in [0.3, 0.4) is 0 Å². The fourth-order valence-corrected chi connectivity index (χ4v) is 2.72. The van der Waals surface area contributed by atoms with Crippen molar-refractivity contribution in [3.05, 3.63) is 29.3 Å². The van der Waals surface area contributed by atoms with E-state index in [1.54, 1.807) is 11.3 Å². The number of thiazole rings is 1. The third-order valence-electron chi connectivity index (χ3n) is 2.82. The van der Waals surface area contributed by atoms with Gasteiger partial charge in [-0.05, 0) is 37.1 Å². The van der Waals surface area contributed by atoms with Crippen molar-refractivity contribution in [2.75, 3.05) is 6.54 Å². The molecule has 14 heavy (non-hydrogen) atoms. The number of benzene rings is 1. The number of hydrogen-bond acceptors (Lipinski definition) is 3. The van der Waals surface area contributed by atoms with Crippen LogP contribution in [0.4, 0.5) is 0 Å². The minimum atomic E-state index is 0.557. The van der Waals surface area contributed by atoms with Crippen molar-refractivity contribution in [2.45, 2.75) is 18.9 Å². The molecule has 1 unspecified atom stereocenters. The summed E-state index contributed by atoms with van der Waals surface area (Å²) in [6.07, 6.45) is 2.55. The van der Waals surface area contributed by atoms with Crippen LogP contribution in [-0.4, -0.2) is 11.5 Å². The SMILES string of the molecule is c1nc2cc(C3CCCN3)ccc2s1. The fraction of sp³-hybridized carbons (Fsp3) is 0.364. The van der Waals surface area contributed by atoms with Crippen molar-refractivity contribution in [2.24, 2.45) is 0 Å². The lowest BCUT2D eigenvalue weighted by atomic mass is 10.1. The van der Waals surface area contributed by atoms with Gasteiger partial charge in [-0.2, -0.15) is 0 Å². The predicted octanol–water partition coefficient (Wildman–Crippen LogP) is 2.72. The van der Waals surface area contributed by atoms with E-state index in [2.05, 4.69) is 28.5 Å². The van der Waals surface area contributed by atoms with Gasteiger partial charge in [0.25, 0.3) is 0 Å². The first kappa shape index (κ1) is 8.38. The molecule has 0 radical (unpaired) electrons. The zero-order valence-electron chi connectivity index (χ0n) is 7.86. The number of hydrogen-bond donors (Lipinski definition) is 1. The minimum absolute atomic E-state index is 0.557. The Hall–Kier alpha value is -0.930. The summed E-state index contributed by atoms with van der Waals surface area (Å²) in [5.74, 6) is 0. The molecule has 0 bridgehead atoms. The molecule has 1 aromatic carbocycles. The maximum absolute atomic E-state index is 4.34. The highest BCUT2D eigenvalue weighted by atomic mass is 32.1. The van der Waals surface area contributed by atoms with E-state index >= 15 is 0 Å². The molecule has 1 atom stereocenters. The van der Waals surface area contributed by atoms with E-state index in [4.69, 9.17) is 0 Å². The minimum Gasteiger partial charge on any atom is -0.310 e. The van der Waals surface area contributed by atoms with E-state index < -0.39 is 0 Å². The average Bonchev–Trinajstić information content (AvgIpc) is 2.88. The Morgan fingerprint density at radius 1 is 1.43 bits per heavy atom. The van der Waals surface area contributed by atoms with Crippen LogP contribution in [0.1, 0.15) is 24.4 Å². The van der Waals surface area contributed by atoms with Crippen molar-refractivity contribution in [1.29, 1.82) is 0 Å². The van der Waals surface area contributed by atoms with E-state index in [1.807, 2.05) is 5.51 Å². The number of nitrogens with zero attached hydrogens (tertiary/aromatic N) is 1. The summed E-state index contributed by atoms with van der Waals surface area (Å²) in [7, 11) is 0. The third-order valence-corrected chi connectivity index (χ3v) is 3.63. The molecule has 0 spiro atoms. The van der Waals surface area contributed by atoms with Gasteiger partial charge >= 0.3 is 0 Å². The first-order chi connectivity index (χ1) is 6.93. The molecule has 1 N–H and O–H groups in total. The lowest BCUT2D eigenvalue weighted by molar-refractivity contribution is 0.648. The number of nitrogens with one attached hydrogen (secondary N) is 1. The second-order valence-corrected chi connectivity index (χ2v) is 4.61. The van der Waals surface area contributed by atoms with Crippen LogP contribution in [0.15, 0.2) is 23.7 Å². The second kappa shape index (κ2) is 3.33. The van der Waals surface area contributed by atoms with Crippen LogP contribution in [0.2, 0.25) is 0 Å². The van der Waals surface area contributed by atoms with Gasteiger partial charge in [0.05, 0.1) is 15.7 Å². The first-order valence-corrected chi connectivity index (χ1v) is 5.88. The molecular formula is C11H12N2S. The highest BCUT2D eigenvalue weighted by Gasteiger charge is 2.16. The first-order valence-electron chi connectivity index (χ1n) is 5.00. The molecule has 3 rings (SSSR count). The number of rotatable bonds is 1. The molecule has 0 saturated carbocycles. The summed E-state index contributed by atoms with van der Waals surface area (Å²) in [6, 6.07) is 7.18. The molecule has 1 fully saturated rings. The summed E-state index contributed by atoms with van der Waals surface area (Å²) < 4.78 is 1.28. The zero-order valence-corrected chi connectivity index (χ0v) is 8.68. The lowest BCUT2D eigenvalue weighted by Gasteiger charge is -2.09. The standard InChI is InChI=1S/C11H12N2S/c1-2-9(12-5-1)8-3-4-11-10(6-8)13-7-14-11/h3-4,6-7,9,12H,1-2,5H2. The predicted molar refractivity (Wildman–Crippen MR) is 59.6 cm³/mol. The van der Waals surface area contributed by atoms with Crippen LogP contribution in [0.5, 0.6) is 0 Å². The monoisotopic (exact) mass is 204 g/mol. The molecule has 1 saturated heterocycles. The highest BCUT2D eigenvalue weighted by Crippen LogP contribution is 2.26. The van der Waals surface area contributed by atoms with Crippen LogP contribution in [-0.2, 0) is 0 Å². The maximum Gasteiger partial charge on any atom is 0.0815 e. The molecular weight excluding hydrogens is 192 g/mol. The Kier molecular flexibility index (Phi) is 2.00. The Labute approximate surface area is 87.0 Å². The van der Waals surface area contributed by atoms with Gasteiger partial charge in [-0.25, -0.2) is 4.98 Å². The Morgan fingerprint density at radius 3 is 3.29 bits per heavy atom. The Bertz CT molecular complexity index is 443. The van der Waals surface area contributed by atoms with Gasteiger partial charge in [0.15, 0.2) is 0 Å². The molecule has 1 aliphatic heterocycles. The second-order valence-electron chi connectivity index (χ2n) is 3.73. The van der Waals surface area contributed by atoms with E-state index in [-0.39, 0.29) is 0 Å². The summed E-state index contributed by atoms with van der Waals surface area (Å²) in [4.78, 5) is 4.34. The smallest absolute Gasteiger partial charge is 0.0815 e. The zero-order chi connectivity index (χ0) is 9.38. The van der Waals surface area contributed by atoms with Gasteiger partial charge in [0, 0.05) is 6.04 Å². The van der Waals surface area contributed by atoms with E-state index in [0.717, 1.165) is 12.1 Å². The van der Waals surface area contributed by atoms with Crippen molar-refractivity contribution >= 4 is 21.6 Å². The molecule has 2 aromatic rings. The number of fused-ring (bicyclic) bond motifs is 1. The number of aromatic nitrogens is 1. The summed E-state index contributed by atoms with van der Waals surface area (Å²) in [6.45, 7) is 1.15. The molecule has 2 nitrogen and oxygen atoms in total. The molecule has 1 aromatic heterocycles. The quantitative estimate of drug-likeness (QED) is 0.772. The fourth-order valence-electron chi connectivity index (χ4n) is 2.06. The van der Waals surface area contributed by atoms with E-state index in [1.165, 1.54) is 23.1 Å². The molecule has 1 aliphatic rings. The van der Waals surface area contributed by atoms with Crippen molar-refractivity contribution in [3.8, 4) is 0 Å². The lowest BCUT2D eigenvalue weighted by Crippen LogP contribution is -2.12. The Morgan fingerprint density at radius 2 is 2.43 bits per heavy atom. The van der Waals surface area contributed by atoms with Gasteiger partial charge in [0.2, 0.25) is 0 Å². The van der Waals surface area contributed by atoms with Crippen molar-refractivity contribution < 1.29 is 0 Å². The van der Waals surface area contributed by atoms with Crippen molar-refractivity contribution in [3.63, 3.8) is 0 Å².